The number of esters is 2. The van der Waals surface area contributed by atoms with Gasteiger partial charge in [-0.3, -0.25) is 0 Å². The van der Waals surface area contributed by atoms with Crippen molar-refractivity contribution in [1.82, 2.24) is 0 Å². The van der Waals surface area contributed by atoms with Crippen molar-refractivity contribution in [3.05, 3.63) is 12.2 Å². The predicted octanol–water partition coefficient (Wildman–Crippen LogP) is 1.58. The molecule has 0 unspecified atom stereocenters. The van der Waals surface area contributed by atoms with Gasteiger partial charge < -0.3 is 18.9 Å². The van der Waals surface area contributed by atoms with Crippen molar-refractivity contribution in [3.8, 4) is 0 Å². The number of hydrogen-bond donors (Lipinski definition) is 0. The highest BCUT2D eigenvalue weighted by molar-refractivity contribution is 5.86. The second-order valence-corrected chi connectivity index (χ2v) is 4.98. The summed E-state index contributed by atoms with van der Waals surface area (Å²) in [7, 11) is 0. The van der Waals surface area contributed by atoms with E-state index < -0.39 is 30.4 Å². The van der Waals surface area contributed by atoms with Crippen LogP contribution in [-0.4, -0.2) is 42.6 Å². The Balaban J connectivity index is 2.80. The normalized spacial score (nSPS) is 23.8. The third-order valence-corrected chi connectivity index (χ3v) is 2.35. The molecule has 0 radical (unpaired) electrons. The van der Waals surface area contributed by atoms with E-state index in [4.69, 9.17) is 18.9 Å². The first kappa shape index (κ1) is 16.7. The minimum absolute atomic E-state index is 0.298. The summed E-state index contributed by atoms with van der Waals surface area (Å²) < 4.78 is 20.9. The minimum Gasteiger partial charge on any atom is -0.461 e. The zero-order valence-corrected chi connectivity index (χ0v) is 12.5. The molecule has 20 heavy (non-hydrogen) atoms. The summed E-state index contributed by atoms with van der Waals surface area (Å²) in [6.45, 7) is 8.67. The molecule has 2 atom stereocenters. The van der Waals surface area contributed by atoms with Crippen molar-refractivity contribution in [3.63, 3.8) is 0 Å². The van der Waals surface area contributed by atoms with Crippen LogP contribution in [0.3, 0.4) is 0 Å². The van der Waals surface area contributed by atoms with Crippen molar-refractivity contribution < 1.29 is 28.5 Å². The zero-order chi connectivity index (χ0) is 15.3. The van der Waals surface area contributed by atoms with Crippen LogP contribution in [0.2, 0.25) is 0 Å². The van der Waals surface area contributed by atoms with Crippen LogP contribution in [0.4, 0.5) is 0 Å². The third kappa shape index (κ3) is 4.61. The molecule has 0 aromatic rings. The van der Waals surface area contributed by atoms with Gasteiger partial charge in [0.2, 0.25) is 0 Å². The van der Waals surface area contributed by atoms with Crippen LogP contribution >= 0.6 is 0 Å². The number of carbonyl (C=O) groups excluding carboxylic acids is 2. The molecule has 1 aliphatic rings. The quantitative estimate of drug-likeness (QED) is 0.564. The molecule has 0 aliphatic carbocycles. The van der Waals surface area contributed by atoms with Crippen molar-refractivity contribution in [2.75, 3.05) is 0 Å². The Labute approximate surface area is 119 Å². The first-order valence-corrected chi connectivity index (χ1v) is 6.69. The third-order valence-electron chi connectivity index (χ3n) is 2.35. The summed E-state index contributed by atoms with van der Waals surface area (Å²) in [6, 6.07) is 0. The van der Waals surface area contributed by atoms with E-state index in [0.717, 1.165) is 0 Å². The molecule has 1 saturated heterocycles. The van der Waals surface area contributed by atoms with E-state index in [1.807, 2.05) is 0 Å². The largest absolute Gasteiger partial charge is 0.461 e. The van der Waals surface area contributed by atoms with Gasteiger partial charge in [0.25, 0.3) is 0 Å². The van der Waals surface area contributed by atoms with E-state index in [-0.39, 0.29) is 12.2 Å². The highest BCUT2D eigenvalue weighted by atomic mass is 16.8. The predicted molar refractivity (Wildman–Crippen MR) is 70.8 cm³/mol. The van der Waals surface area contributed by atoms with Crippen molar-refractivity contribution >= 4 is 11.9 Å². The van der Waals surface area contributed by atoms with Crippen LogP contribution in [-0.2, 0) is 28.5 Å². The molecule has 6 heteroatoms. The SMILES string of the molecule is C/C=C/C1O[C@@H](C(=O)OC(C)C)[C@H](C(=O)OC(C)C)O1. The summed E-state index contributed by atoms with van der Waals surface area (Å²) in [5.74, 6) is -1.25. The van der Waals surface area contributed by atoms with Gasteiger partial charge in [0.05, 0.1) is 12.2 Å². The van der Waals surface area contributed by atoms with Crippen LogP contribution in [0.25, 0.3) is 0 Å². The monoisotopic (exact) mass is 286 g/mol. The summed E-state index contributed by atoms with van der Waals surface area (Å²) in [6.07, 6.45) is -0.240. The summed E-state index contributed by atoms with van der Waals surface area (Å²) in [5.41, 5.74) is 0. The van der Waals surface area contributed by atoms with Crippen LogP contribution < -0.4 is 0 Å². The molecule has 1 rings (SSSR count). The van der Waals surface area contributed by atoms with Gasteiger partial charge in [-0.25, -0.2) is 9.59 Å². The van der Waals surface area contributed by atoms with Crippen molar-refractivity contribution in [2.45, 2.75) is 65.3 Å². The molecular weight excluding hydrogens is 264 g/mol. The molecule has 0 bridgehead atoms. The standard InChI is InChI=1S/C14H22O6/c1-6-7-10-19-11(13(15)17-8(2)3)12(20-10)14(16)18-9(4)5/h6-12H,1-5H3/b7-6+/t11-,12-/m1/s1. The highest BCUT2D eigenvalue weighted by Crippen LogP contribution is 2.23. The molecule has 0 amide bonds. The van der Waals surface area contributed by atoms with E-state index in [1.165, 1.54) is 0 Å². The molecule has 6 nitrogen and oxygen atoms in total. The maximum atomic E-state index is 11.9. The van der Waals surface area contributed by atoms with Crippen LogP contribution in [0, 0.1) is 0 Å². The molecule has 1 aliphatic heterocycles. The molecule has 0 aromatic carbocycles. The van der Waals surface area contributed by atoms with Crippen LogP contribution in [0.1, 0.15) is 34.6 Å². The Hall–Kier alpha value is -1.40. The van der Waals surface area contributed by atoms with Gasteiger partial charge in [0, 0.05) is 0 Å². The molecule has 1 heterocycles. The van der Waals surface area contributed by atoms with E-state index >= 15 is 0 Å². The summed E-state index contributed by atoms with van der Waals surface area (Å²) in [5, 5.41) is 0. The van der Waals surface area contributed by atoms with Gasteiger partial charge >= 0.3 is 11.9 Å². The number of carbonyl (C=O) groups is 2. The smallest absolute Gasteiger partial charge is 0.339 e. The molecule has 0 saturated carbocycles. The molecular formula is C14H22O6. The first-order valence-electron chi connectivity index (χ1n) is 6.69. The van der Waals surface area contributed by atoms with Crippen LogP contribution in [0.5, 0.6) is 0 Å². The van der Waals surface area contributed by atoms with E-state index in [1.54, 1.807) is 46.8 Å². The Morgan fingerprint density at radius 3 is 1.65 bits per heavy atom. The van der Waals surface area contributed by atoms with E-state index in [0.29, 0.717) is 0 Å². The van der Waals surface area contributed by atoms with Crippen LogP contribution in [0.15, 0.2) is 12.2 Å². The maximum Gasteiger partial charge on any atom is 0.339 e. The average molecular weight is 286 g/mol. The number of ether oxygens (including phenoxy) is 4. The fourth-order valence-electron chi connectivity index (χ4n) is 1.67. The van der Waals surface area contributed by atoms with Crippen molar-refractivity contribution in [2.24, 2.45) is 0 Å². The van der Waals surface area contributed by atoms with Crippen molar-refractivity contribution in [1.29, 1.82) is 0 Å². The second-order valence-electron chi connectivity index (χ2n) is 4.98. The summed E-state index contributed by atoms with van der Waals surface area (Å²) in [4.78, 5) is 23.9. The lowest BCUT2D eigenvalue weighted by Gasteiger charge is -2.17. The van der Waals surface area contributed by atoms with Gasteiger partial charge in [-0.1, -0.05) is 6.08 Å². The number of hydrogen-bond acceptors (Lipinski definition) is 6. The van der Waals surface area contributed by atoms with Gasteiger partial charge in [0.1, 0.15) is 0 Å². The lowest BCUT2D eigenvalue weighted by molar-refractivity contribution is -0.167. The van der Waals surface area contributed by atoms with E-state index in [9.17, 15) is 9.59 Å². The zero-order valence-electron chi connectivity index (χ0n) is 12.5. The minimum atomic E-state index is -1.11. The highest BCUT2D eigenvalue weighted by Gasteiger charge is 2.46. The Morgan fingerprint density at radius 2 is 1.35 bits per heavy atom. The molecule has 1 fully saturated rings. The first-order chi connectivity index (χ1) is 9.35. The fourth-order valence-corrected chi connectivity index (χ4v) is 1.67. The molecule has 0 spiro atoms. The Morgan fingerprint density at radius 1 is 0.950 bits per heavy atom. The molecule has 114 valence electrons. The number of rotatable bonds is 5. The molecule has 0 N–H and O–H groups in total. The lowest BCUT2D eigenvalue weighted by atomic mass is 10.2. The summed E-state index contributed by atoms with van der Waals surface area (Å²) >= 11 is 0. The lowest BCUT2D eigenvalue weighted by Crippen LogP contribution is -2.40. The van der Waals surface area contributed by atoms with Gasteiger partial charge in [-0.2, -0.15) is 0 Å². The van der Waals surface area contributed by atoms with Gasteiger partial charge in [-0.05, 0) is 40.7 Å². The Bertz CT molecular complexity index is 344. The second kappa shape index (κ2) is 7.40. The topological polar surface area (TPSA) is 71.1 Å². The Kier molecular flexibility index (Phi) is 6.16. The fraction of sp³-hybridized carbons (Fsp3) is 0.714. The van der Waals surface area contributed by atoms with Gasteiger partial charge in [0.15, 0.2) is 18.5 Å². The van der Waals surface area contributed by atoms with E-state index in [2.05, 4.69) is 0 Å². The van der Waals surface area contributed by atoms with Gasteiger partial charge in [-0.15, -0.1) is 0 Å². The molecule has 0 aromatic heterocycles. The maximum absolute atomic E-state index is 11.9. The average Bonchev–Trinajstić information content (AvgIpc) is 2.72. The number of allylic oxidation sites excluding steroid dienone is 1.